The van der Waals surface area contributed by atoms with Crippen molar-refractivity contribution in [2.75, 3.05) is 33.1 Å². The van der Waals surface area contributed by atoms with Gasteiger partial charge >= 0.3 is 0 Å². The molecule has 1 aliphatic heterocycles. The van der Waals surface area contributed by atoms with Crippen molar-refractivity contribution in [3.8, 4) is 11.5 Å². The van der Waals surface area contributed by atoms with Crippen LogP contribution in [0.25, 0.3) is 0 Å². The van der Waals surface area contributed by atoms with E-state index in [-0.39, 0.29) is 5.91 Å². The molecule has 0 radical (unpaired) electrons. The van der Waals surface area contributed by atoms with Crippen molar-refractivity contribution in [3.05, 3.63) is 59.2 Å². The third kappa shape index (κ3) is 4.15. The molecule has 0 bridgehead atoms. The predicted molar refractivity (Wildman–Crippen MR) is 106 cm³/mol. The number of methoxy groups -OCH3 is 2. The van der Waals surface area contributed by atoms with Gasteiger partial charge in [-0.1, -0.05) is 24.3 Å². The van der Waals surface area contributed by atoms with Gasteiger partial charge in [0.1, 0.15) is 11.5 Å². The fraction of sp³-hybridized carbons (Fsp3) is 0.381. The second-order valence-electron chi connectivity index (χ2n) is 6.40. The first kappa shape index (κ1) is 18.6. The van der Waals surface area contributed by atoms with Gasteiger partial charge in [-0.2, -0.15) is 11.8 Å². The fourth-order valence-electron chi connectivity index (χ4n) is 3.28. The van der Waals surface area contributed by atoms with Gasteiger partial charge < -0.3 is 14.4 Å². The highest BCUT2D eigenvalue weighted by atomic mass is 32.2. The van der Waals surface area contributed by atoms with Crippen molar-refractivity contribution in [2.45, 2.75) is 18.6 Å². The van der Waals surface area contributed by atoms with E-state index in [0.29, 0.717) is 22.3 Å². The first-order chi connectivity index (χ1) is 12.6. The first-order valence-electron chi connectivity index (χ1n) is 8.82. The summed E-state index contributed by atoms with van der Waals surface area (Å²) in [6.07, 6.45) is 0.961. The molecular formula is C21H25NO3S. The summed E-state index contributed by atoms with van der Waals surface area (Å²) in [5.74, 6) is 2.24. The molecule has 1 amide bonds. The van der Waals surface area contributed by atoms with Crippen LogP contribution >= 0.6 is 11.8 Å². The van der Waals surface area contributed by atoms with Crippen molar-refractivity contribution in [3.63, 3.8) is 0 Å². The SMILES string of the molecule is COc1cc(OC)cc(C(=O)N2CCSC(c3ccccc3C)CC2)c1. The quantitative estimate of drug-likeness (QED) is 0.802. The zero-order valence-corrected chi connectivity index (χ0v) is 16.3. The third-order valence-electron chi connectivity index (χ3n) is 4.76. The second kappa shape index (κ2) is 8.49. The summed E-state index contributed by atoms with van der Waals surface area (Å²) in [6.45, 7) is 3.67. The molecule has 4 nitrogen and oxygen atoms in total. The number of carbonyl (C=O) groups excluding carboxylic acids is 1. The minimum Gasteiger partial charge on any atom is -0.497 e. The number of hydrogen-bond acceptors (Lipinski definition) is 4. The topological polar surface area (TPSA) is 38.8 Å². The van der Waals surface area contributed by atoms with Gasteiger partial charge in [0.25, 0.3) is 5.91 Å². The van der Waals surface area contributed by atoms with Gasteiger partial charge in [-0.15, -0.1) is 0 Å². The highest BCUT2D eigenvalue weighted by Crippen LogP contribution is 2.36. The van der Waals surface area contributed by atoms with Gasteiger partial charge in [0.05, 0.1) is 14.2 Å². The van der Waals surface area contributed by atoms with Crippen LogP contribution in [0.2, 0.25) is 0 Å². The van der Waals surface area contributed by atoms with E-state index in [9.17, 15) is 4.79 Å². The van der Waals surface area contributed by atoms with Crippen LogP contribution in [-0.4, -0.2) is 43.9 Å². The summed E-state index contributed by atoms with van der Waals surface area (Å²) >= 11 is 1.94. The summed E-state index contributed by atoms with van der Waals surface area (Å²) < 4.78 is 10.6. The Bertz CT molecular complexity index is 755. The lowest BCUT2D eigenvalue weighted by molar-refractivity contribution is 0.0766. The van der Waals surface area contributed by atoms with Crippen LogP contribution in [0.5, 0.6) is 11.5 Å². The van der Waals surface area contributed by atoms with E-state index >= 15 is 0 Å². The average Bonchev–Trinajstić information content (AvgIpc) is 2.93. The van der Waals surface area contributed by atoms with Gasteiger partial charge in [-0.25, -0.2) is 0 Å². The molecule has 0 saturated carbocycles. The van der Waals surface area contributed by atoms with E-state index in [4.69, 9.17) is 9.47 Å². The van der Waals surface area contributed by atoms with Crippen molar-refractivity contribution in [1.29, 1.82) is 0 Å². The van der Waals surface area contributed by atoms with Gasteiger partial charge in [0, 0.05) is 35.7 Å². The smallest absolute Gasteiger partial charge is 0.254 e. The largest absolute Gasteiger partial charge is 0.497 e. The van der Waals surface area contributed by atoms with Crippen molar-refractivity contribution >= 4 is 17.7 Å². The molecule has 26 heavy (non-hydrogen) atoms. The average molecular weight is 372 g/mol. The summed E-state index contributed by atoms with van der Waals surface area (Å²) in [6, 6.07) is 13.9. The molecule has 1 unspecified atom stereocenters. The fourth-order valence-corrected chi connectivity index (χ4v) is 4.61. The Morgan fingerprint density at radius 1 is 1.08 bits per heavy atom. The number of carbonyl (C=O) groups is 1. The Hall–Kier alpha value is -2.14. The Kier molecular flexibility index (Phi) is 6.09. The maximum absolute atomic E-state index is 13.0. The Labute approximate surface area is 159 Å². The van der Waals surface area contributed by atoms with Crippen molar-refractivity contribution < 1.29 is 14.3 Å². The minimum atomic E-state index is 0.0354. The molecule has 2 aromatic rings. The summed E-state index contributed by atoms with van der Waals surface area (Å²) in [7, 11) is 3.19. The van der Waals surface area contributed by atoms with E-state index in [1.165, 1.54) is 11.1 Å². The first-order valence-corrected chi connectivity index (χ1v) is 9.86. The molecule has 138 valence electrons. The molecule has 1 aliphatic rings. The molecule has 1 heterocycles. The molecule has 1 fully saturated rings. The second-order valence-corrected chi connectivity index (χ2v) is 7.71. The number of aryl methyl sites for hydroxylation is 1. The zero-order chi connectivity index (χ0) is 18.5. The maximum Gasteiger partial charge on any atom is 0.254 e. The monoisotopic (exact) mass is 371 g/mol. The summed E-state index contributed by atoms with van der Waals surface area (Å²) in [4.78, 5) is 14.9. The molecule has 0 N–H and O–H groups in total. The highest BCUT2D eigenvalue weighted by Gasteiger charge is 2.24. The molecule has 0 spiro atoms. The minimum absolute atomic E-state index is 0.0354. The molecule has 3 rings (SSSR count). The Morgan fingerprint density at radius 3 is 2.42 bits per heavy atom. The lowest BCUT2D eigenvalue weighted by Gasteiger charge is -2.21. The molecule has 1 atom stereocenters. The molecule has 0 aliphatic carbocycles. The lowest BCUT2D eigenvalue weighted by atomic mass is 10.0. The summed E-state index contributed by atoms with van der Waals surface area (Å²) in [5.41, 5.74) is 3.32. The van der Waals surface area contributed by atoms with Crippen LogP contribution in [0.4, 0.5) is 0 Å². The van der Waals surface area contributed by atoms with Crippen molar-refractivity contribution in [2.24, 2.45) is 0 Å². The molecule has 1 saturated heterocycles. The highest BCUT2D eigenvalue weighted by molar-refractivity contribution is 7.99. The van der Waals surface area contributed by atoms with Crippen LogP contribution in [-0.2, 0) is 0 Å². The third-order valence-corrected chi connectivity index (χ3v) is 6.07. The standard InChI is InChI=1S/C21H25NO3S/c1-15-6-4-5-7-19(15)20-8-9-22(10-11-26-20)21(23)16-12-17(24-2)14-18(13-16)25-3/h4-7,12-14,20H,8-11H2,1-3H3. The van der Waals surface area contributed by atoms with Gasteiger partial charge in [-0.05, 0) is 36.6 Å². The van der Waals surface area contributed by atoms with E-state index in [0.717, 1.165) is 25.3 Å². The van der Waals surface area contributed by atoms with Crippen molar-refractivity contribution in [1.82, 2.24) is 4.90 Å². The van der Waals surface area contributed by atoms with E-state index in [1.807, 2.05) is 16.7 Å². The Balaban J connectivity index is 1.75. The lowest BCUT2D eigenvalue weighted by Crippen LogP contribution is -2.33. The number of thioether (sulfide) groups is 1. The van der Waals surface area contributed by atoms with Crippen LogP contribution in [0.15, 0.2) is 42.5 Å². The van der Waals surface area contributed by atoms with Gasteiger partial charge in [0.2, 0.25) is 0 Å². The number of ether oxygens (including phenoxy) is 2. The molecular weight excluding hydrogens is 346 g/mol. The molecule has 2 aromatic carbocycles. The van der Waals surface area contributed by atoms with Crippen LogP contribution in [0.1, 0.15) is 33.2 Å². The Morgan fingerprint density at radius 2 is 1.77 bits per heavy atom. The van der Waals surface area contributed by atoms with Gasteiger partial charge in [-0.3, -0.25) is 4.79 Å². The summed E-state index contributed by atoms with van der Waals surface area (Å²) in [5, 5.41) is 0.439. The zero-order valence-electron chi connectivity index (χ0n) is 15.5. The number of nitrogens with zero attached hydrogens (tertiary/aromatic N) is 1. The van der Waals surface area contributed by atoms with Crippen LogP contribution < -0.4 is 9.47 Å². The predicted octanol–water partition coefficient (Wildman–Crippen LogP) is 4.33. The van der Waals surface area contributed by atoms with Gasteiger partial charge in [0.15, 0.2) is 0 Å². The van der Waals surface area contributed by atoms with Crippen LogP contribution in [0, 0.1) is 6.92 Å². The maximum atomic E-state index is 13.0. The normalized spacial score (nSPS) is 17.5. The van der Waals surface area contributed by atoms with E-state index in [2.05, 4.69) is 31.2 Å². The van der Waals surface area contributed by atoms with Crippen LogP contribution in [0.3, 0.4) is 0 Å². The van der Waals surface area contributed by atoms with E-state index < -0.39 is 0 Å². The number of amides is 1. The molecule has 0 aromatic heterocycles. The van der Waals surface area contributed by atoms with E-state index in [1.54, 1.807) is 32.4 Å². The number of rotatable bonds is 4. The molecule has 5 heteroatoms. The number of benzene rings is 2. The number of hydrogen-bond donors (Lipinski definition) is 0.